The molecule has 26 heteroatoms. The van der Waals surface area contributed by atoms with Gasteiger partial charge >= 0.3 is 64.7 Å². The molecule has 6 heterocycles. The summed E-state index contributed by atoms with van der Waals surface area (Å²) in [6.45, 7) is 10.0. The molecular weight excluding hydrogens is 1090 g/mol. The number of nitrogens with two attached hydrogens (primary N) is 1. The normalized spacial score (nSPS) is 33.8. The molecule has 9 rings (SSSR count). The number of nitrogens with one attached hydrogen (secondary N) is 6. The molecule has 2 spiro atoms. The first kappa shape index (κ1) is 55.9. The van der Waals surface area contributed by atoms with Crippen LogP contribution in [0.3, 0.4) is 0 Å². The van der Waals surface area contributed by atoms with Crippen LogP contribution in [0.1, 0.15) is 117 Å². The number of pyridine rings is 1. The van der Waals surface area contributed by atoms with Crippen LogP contribution in [0.5, 0.6) is 0 Å². The van der Waals surface area contributed by atoms with E-state index in [1.807, 2.05) is 39.8 Å². The van der Waals surface area contributed by atoms with Crippen molar-refractivity contribution in [3.05, 3.63) is 29.6 Å². The minimum atomic E-state index is -1.92. The van der Waals surface area contributed by atoms with Gasteiger partial charge in [0, 0.05) is 48.7 Å². The third-order valence-electron chi connectivity index (χ3n) is 16.6. The number of aromatic nitrogens is 1. The Balaban J connectivity index is 0.000000194. The molecule has 0 radical (unpaired) electrons. The van der Waals surface area contributed by atoms with Gasteiger partial charge in [-0.25, -0.2) is 9.59 Å². The van der Waals surface area contributed by atoms with Gasteiger partial charge in [-0.3, -0.25) is 30.0 Å². The molecule has 0 bridgehead atoms. The number of aliphatic carboxylic acids is 1. The van der Waals surface area contributed by atoms with Gasteiger partial charge in [0.25, 0.3) is 11.8 Å². The zero-order valence-corrected chi connectivity index (χ0v) is 42.8. The molecule has 10 unspecified atom stereocenters. The number of fused-ring (bicyclic) bond motifs is 5. The molecule has 22 nitrogen and oxygen atoms in total. The van der Waals surface area contributed by atoms with E-state index in [9.17, 15) is 29.1 Å². The van der Waals surface area contributed by atoms with E-state index < -0.39 is 67.4 Å². The van der Waals surface area contributed by atoms with Gasteiger partial charge in [0.05, 0.1) is 11.2 Å². The molecule has 0 aromatic carbocycles. The van der Waals surface area contributed by atoms with E-state index in [1.54, 1.807) is 6.20 Å². The number of hydrogen-bond donors (Lipinski definition) is 12. The Morgan fingerprint density at radius 1 is 0.814 bits per heavy atom. The van der Waals surface area contributed by atoms with Gasteiger partial charge in [0.2, 0.25) is 0 Å². The van der Waals surface area contributed by atoms with Gasteiger partial charge in [0.1, 0.15) is 11.1 Å². The van der Waals surface area contributed by atoms with Crippen molar-refractivity contribution in [2.24, 2.45) is 35.3 Å². The number of piperidine rings is 2. The average molecular weight is 1170 g/mol. The maximum atomic E-state index is 12.7. The molecule has 5 aliphatic heterocycles. The van der Waals surface area contributed by atoms with Crippen molar-refractivity contribution in [3.63, 3.8) is 0 Å². The van der Waals surface area contributed by atoms with E-state index in [2.05, 4.69) is 36.9 Å². The molecule has 8 aliphatic rings. The van der Waals surface area contributed by atoms with Crippen molar-refractivity contribution in [2.45, 2.75) is 170 Å². The molecule has 1 aromatic rings. The van der Waals surface area contributed by atoms with Gasteiger partial charge in [-0.05, 0) is 142 Å². The van der Waals surface area contributed by atoms with Crippen molar-refractivity contribution in [1.82, 2.24) is 36.9 Å². The van der Waals surface area contributed by atoms with Crippen molar-refractivity contribution >= 4 is 51.2 Å². The van der Waals surface area contributed by atoms with Crippen LogP contribution in [0, 0.1) is 29.6 Å². The number of carbonyl (C=O) groups excluding carboxylic acids is 4. The van der Waals surface area contributed by atoms with Crippen molar-refractivity contribution in [2.75, 3.05) is 13.1 Å². The Bertz CT molecular complexity index is 2100. The van der Waals surface area contributed by atoms with Gasteiger partial charge in [0.15, 0.2) is 5.54 Å². The summed E-state index contributed by atoms with van der Waals surface area (Å²) in [6, 6.07) is 3.31. The predicted octanol–water partition coefficient (Wildman–Crippen LogP) is 0.782. The van der Waals surface area contributed by atoms with Crippen LogP contribution in [0.25, 0.3) is 0 Å². The first-order chi connectivity index (χ1) is 33.1. The Hall–Kier alpha value is -3.38. The Labute approximate surface area is 419 Å². The van der Waals surface area contributed by atoms with Gasteiger partial charge < -0.3 is 61.5 Å². The number of carboxylic acids is 1. The number of rotatable bonds is 13. The summed E-state index contributed by atoms with van der Waals surface area (Å²) >= 11 is -1.92. The number of imide groups is 2. The Morgan fingerprint density at radius 2 is 1.34 bits per heavy atom. The van der Waals surface area contributed by atoms with Crippen LogP contribution in [0.15, 0.2) is 18.3 Å². The molecule has 2 saturated carbocycles. The van der Waals surface area contributed by atoms with Crippen LogP contribution in [-0.2, 0) is 60.9 Å². The summed E-state index contributed by atoms with van der Waals surface area (Å²) in [7, 11) is -2.88. The molecule has 3 aliphatic carbocycles. The average Bonchev–Trinajstić information content (AvgIpc) is 4.08. The minimum absolute atomic E-state index is 0. The van der Waals surface area contributed by atoms with Gasteiger partial charge in [-0.2, -0.15) is 0 Å². The third kappa shape index (κ3) is 11.5. The second-order valence-electron chi connectivity index (χ2n) is 21.1. The Morgan fingerprint density at radius 3 is 1.89 bits per heavy atom. The number of hydrogen-bond acceptors (Lipinski definition) is 17. The van der Waals surface area contributed by atoms with Crippen LogP contribution >= 0.6 is 0 Å². The number of carboxylic acid groups (broad SMARTS) is 1. The van der Waals surface area contributed by atoms with E-state index >= 15 is 0 Å². The van der Waals surface area contributed by atoms with Crippen molar-refractivity contribution in [1.29, 1.82) is 0 Å². The second-order valence-corrected chi connectivity index (χ2v) is 21.5. The number of urea groups is 2. The fourth-order valence-corrected chi connectivity index (χ4v) is 12.7. The number of carbonyl (C=O) groups is 5. The molecule has 1 aromatic heterocycles. The Kier molecular flexibility index (Phi) is 18.6. The van der Waals surface area contributed by atoms with E-state index in [1.165, 1.54) is 0 Å². The summed E-state index contributed by atoms with van der Waals surface area (Å²) in [4.78, 5) is 64.8. The van der Waals surface area contributed by atoms with Gasteiger partial charge in [-0.1, -0.05) is 25.3 Å². The summed E-state index contributed by atoms with van der Waals surface area (Å²) < 4.78 is 29.1. The number of nitrogens with zero attached hydrogens (tertiary/aromatic N) is 1. The van der Waals surface area contributed by atoms with Crippen molar-refractivity contribution < 1.29 is 85.2 Å². The fraction of sp³-hybridized carbons (Fsp3) is 0.773. The second kappa shape index (κ2) is 23.2. The first-order valence-corrected chi connectivity index (χ1v) is 26.6. The summed E-state index contributed by atoms with van der Waals surface area (Å²) in [5.74, 6) is -1.37. The van der Waals surface area contributed by atoms with E-state index in [0.717, 1.165) is 82.0 Å². The molecule has 6 amide bonds. The molecule has 13 N–H and O–H groups in total. The summed E-state index contributed by atoms with van der Waals surface area (Å²) in [5, 5.41) is 62.7. The van der Waals surface area contributed by atoms with E-state index in [0.29, 0.717) is 38.4 Å². The zero-order chi connectivity index (χ0) is 51.2. The van der Waals surface area contributed by atoms with Crippen LogP contribution in [-0.4, -0.2) is 129 Å². The zero-order valence-electron chi connectivity index (χ0n) is 40.5. The monoisotopic (exact) mass is 1170 g/mol. The van der Waals surface area contributed by atoms with Crippen LogP contribution < -0.4 is 37.6 Å². The summed E-state index contributed by atoms with van der Waals surface area (Å²) in [6.07, 6.45) is 13.3. The number of amides is 6. The van der Waals surface area contributed by atoms with Crippen molar-refractivity contribution in [3.8, 4) is 0 Å². The van der Waals surface area contributed by atoms with Gasteiger partial charge in [-0.15, -0.1) is 0 Å². The SMILES string of the molecule is CC1(C)OB(CCCC2Cc3ncccc3C23NC(=O)NC3=O)OC1(C)C.NC1(C(=O)O)C(CCCB(O)O)CC2NCCCC21.O=C1NC(=O)C2(N1)C(CCCB(O)O)CC1NCCCC12.[HH].[O]=[Pt]=[O]. The quantitative estimate of drug-likeness (QED) is 0.0959. The topological polar surface area (TPSA) is 350 Å². The van der Waals surface area contributed by atoms with Crippen LogP contribution in [0.2, 0.25) is 19.0 Å². The van der Waals surface area contributed by atoms with Crippen LogP contribution in [0.4, 0.5) is 9.59 Å². The predicted molar refractivity (Wildman–Crippen MR) is 251 cm³/mol. The third-order valence-corrected chi connectivity index (χ3v) is 16.6. The van der Waals surface area contributed by atoms with E-state index in [-0.39, 0.29) is 79.6 Å². The summed E-state index contributed by atoms with van der Waals surface area (Å²) in [5.41, 5.74) is 4.29. The maximum absolute atomic E-state index is 12.7. The molecule has 5 saturated heterocycles. The van der Waals surface area contributed by atoms with E-state index in [4.69, 9.17) is 41.9 Å². The molecule has 392 valence electrons. The molecule has 10 atom stereocenters. The first-order valence-electron chi connectivity index (χ1n) is 24.7. The molecule has 7 fully saturated rings. The molecular formula is C44H73B3N8O14Pt. The fourth-order valence-electron chi connectivity index (χ4n) is 12.7. The molecule has 70 heavy (non-hydrogen) atoms. The standard InChI is InChI=1S/C19H26BN3O4.C13H22BN3O4.C12H23BN2O4.2O.Pt.H2/c1-17(2)18(3,4)27-20(26-17)9-5-7-12-11-14-13(8-6-10-21-14)19(12)15(24)22-16(25)23-19;18-11-13(17-12(19)16-11)8(3-1-5-14(20)21)7-10-9(13)4-2-6-15-10;14-12(11(16)17)8(3-1-5-13(18)19)7-10-9(12)4-2-6-15-10;;;;/h6,8,10,12H,5,7,9,11H2,1-4H3,(H2,22,23,24,25);8-10,15,20-21H,1-7H2,(H2,16,17,18,19);8-10,15,18-19H,1-7,14H2,(H,16,17);;;;1H.